The van der Waals surface area contributed by atoms with Crippen LogP contribution in [0.1, 0.15) is 40.5 Å². The number of hydrogen-bond donors (Lipinski definition) is 2. The zero-order chi connectivity index (χ0) is 12.7. The van der Waals surface area contributed by atoms with Gasteiger partial charge in [0.1, 0.15) is 5.82 Å². The summed E-state index contributed by atoms with van der Waals surface area (Å²) in [6, 6.07) is 4.59. The van der Waals surface area contributed by atoms with E-state index >= 15 is 0 Å². The summed E-state index contributed by atoms with van der Waals surface area (Å²) in [6.45, 7) is 9.76. The van der Waals surface area contributed by atoms with Crippen molar-refractivity contribution in [2.45, 2.75) is 46.6 Å². The predicted octanol–water partition coefficient (Wildman–Crippen LogP) is 3.75. The summed E-state index contributed by atoms with van der Waals surface area (Å²) in [5.41, 5.74) is 1.15. The Morgan fingerprint density at radius 3 is 2.71 bits per heavy atom. The van der Waals surface area contributed by atoms with Crippen molar-refractivity contribution in [1.82, 2.24) is 4.98 Å². The van der Waals surface area contributed by atoms with Crippen LogP contribution in [0.25, 0.3) is 0 Å². The van der Waals surface area contributed by atoms with E-state index in [1.165, 1.54) is 12.8 Å². The van der Waals surface area contributed by atoms with Crippen LogP contribution >= 0.6 is 0 Å². The van der Waals surface area contributed by atoms with Crippen molar-refractivity contribution in [2.75, 3.05) is 17.2 Å². The van der Waals surface area contributed by atoms with E-state index in [2.05, 4.69) is 49.4 Å². The Bertz CT molecular complexity index is 325. The first kappa shape index (κ1) is 13.8. The zero-order valence-corrected chi connectivity index (χ0v) is 11.5. The number of hydrogen-bond acceptors (Lipinski definition) is 3. The molecule has 1 heterocycles. The molecule has 0 aliphatic rings. The standard InChI is InChI=1S/C14H25N3/c1-5-11(3)9-12(4)17-13-7-8-16-14(10-13)15-6-2/h7-8,10-12H,5-6,9H2,1-4H3,(H2,15,16,17). The van der Waals surface area contributed by atoms with Gasteiger partial charge >= 0.3 is 0 Å². The Hall–Kier alpha value is -1.25. The maximum atomic E-state index is 4.26. The average Bonchev–Trinajstić information content (AvgIpc) is 2.29. The molecule has 0 fully saturated rings. The van der Waals surface area contributed by atoms with Gasteiger partial charge in [-0.1, -0.05) is 20.3 Å². The van der Waals surface area contributed by atoms with E-state index in [4.69, 9.17) is 0 Å². The van der Waals surface area contributed by atoms with Crippen molar-refractivity contribution in [1.29, 1.82) is 0 Å². The molecule has 2 N–H and O–H groups in total. The van der Waals surface area contributed by atoms with Gasteiger partial charge in [-0.05, 0) is 32.3 Å². The number of aromatic nitrogens is 1. The first-order chi connectivity index (χ1) is 8.15. The molecule has 3 heteroatoms. The molecule has 1 aromatic heterocycles. The van der Waals surface area contributed by atoms with Crippen molar-refractivity contribution in [3.8, 4) is 0 Å². The Balaban J connectivity index is 2.52. The average molecular weight is 235 g/mol. The quantitative estimate of drug-likeness (QED) is 0.755. The first-order valence-electron chi connectivity index (χ1n) is 6.62. The molecule has 0 aliphatic carbocycles. The minimum absolute atomic E-state index is 0.502. The van der Waals surface area contributed by atoms with Crippen molar-refractivity contribution in [3.05, 3.63) is 18.3 Å². The van der Waals surface area contributed by atoms with Gasteiger partial charge < -0.3 is 10.6 Å². The second-order valence-corrected chi connectivity index (χ2v) is 4.75. The van der Waals surface area contributed by atoms with Crippen molar-refractivity contribution in [3.63, 3.8) is 0 Å². The third-order valence-corrected chi connectivity index (χ3v) is 2.98. The summed E-state index contributed by atoms with van der Waals surface area (Å²) in [6.07, 6.45) is 4.29. The normalized spacial score (nSPS) is 14.1. The molecule has 0 radical (unpaired) electrons. The molecule has 0 aromatic carbocycles. The molecular weight excluding hydrogens is 210 g/mol. The van der Waals surface area contributed by atoms with E-state index < -0.39 is 0 Å². The molecule has 3 nitrogen and oxygen atoms in total. The van der Waals surface area contributed by atoms with Gasteiger partial charge in [0.2, 0.25) is 0 Å². The molecule has 96 valence electrons. The molecule has 0 saturated heterocycles. The molecule has 0 spiro atoms. The summed E-state index contributed by atoms with van der Waals surface area (Å²) in [4.78, 5) is 4.26. The minimum Gasteiger partial charge on any atom is -0.382 e. The van der Waals surface area contributed by atoms with Gasteiger partial charge in [-0.2, -0.15) is 0 Å². The monoisotopic (exact) mass is 235 g/mol. The summed E-state index contributed by atoms with van der Waals surface area (Å²) < 4.78 is 0. The van der Waals surface area contributed by atoms with E-state index in [9.17, 15) is 0 Å². The highest BCUT2D eigenvalue weighted by Gasteiger charge is 2.07. The summed E-state index contributed by atoms with van der Waals surface area (Å²) >= 11 is 0. The number of rotatable bonds is 7. The van der Waals surface area contributed by atoms with Gasteiger partial charge in [0.25, 0.3) is 0 Å². The van der Waals surface area contributed by atoms with Gasteiger partial charge in [-0.25, -0.2) is 4.98 Å². The van der Waals surface area contributed by atoms with Gasteiger partial charge in [-0.3, -0.25) is 0 Å². The summed E-state index contributed by atoms with van der Waals surface area (Å²) in [7, 11) is 0. The molecule has 0 amide bonds. The number of nitrogens with one attached hydrogen (secondary N) is 2. The zero-order valence-electron chi connectivity index (χ0n) is 11.5. The van der Waals surface area contributed by atoms with Crippen LogP contribution in [0.15, 0.2) is 18.3 Å². The summed E-state index contributed by atoms with van der Waals surface area (Å²) in [5, 5.41) is 6.75. The second-order valence-electron chi connectivity index (χ2n) is 4.75. The Labute approximate surface area is 105 Å². The SMILES string of the molecule is CCNc1cc(NC(C)CC(C)CC)ccn1. The van der Waals surface area contributed by atoms with Gasteiger partial charge in [-0.15, -0.1) is 0 Å². The van der Waals surface area contributed by atoms with Gasteiger partial charge in [0.05, 0.1) is 0 Å². The molecule has 1 rings (SSSR count). The molecule has 0 bridgehead atoms. The lowest BCUT2D eigenvalue weighted by atomic mass is 10.0. The van der Waals surface area contributed by atoms with Crippen LogP contribution in [0.2, 0.25) is 0 Å². The second kappa shape index (κ2) is 7.15. The van der Waals surface area contributed by atoms with Crippen molar-refractivity contribution >= 4 is 11.5 Å². The van der Waals surface area contributed by atoms with Crippen LogP contribution < -0.4 is 10.6 Å². The first-order valence-corrected chi connectivity index (χ1v) is 6.62. The number of anilines is 2. The van der Waals surface area contributed by atoms with E-state index in [1.807, 2.05) is 12.3 Å². The molecule has 2 unspecified atom stereocenters. The van der Waals surface area contributed by atoms with Crippen LogP contribution in [-0.2, 0) is 0 Å². The van der Waals surface area contributed by atoms with Crippen LogP contribution in [-0.4, -0.2) is 17.6 Å². The minimum atomic E-state index is 0.502. The molecule has 2 atom stereocenters. The fraction of sp³-hybridized carbons (Fsp3) is 0.643. The number of pyridine rings is 1. The fourth-order valence-corrected chi connectivity index (χ4v) is 1.91. The molecule has 0 aliphatic heterocycles. The van der Waals surface area contributed by atoms with Gasteiger partial charge in [0, 0.05) is 30.5 Å². The van der Waals surface area contributed by atoms with Crippen LogP contribution in [0.4, 0.5) is 11.5 Å². The summed E-state index contributed by atoms with van der Waals surface area (Å²) in [5.74, 6) is 1.71. The maximum Gasteiger partial charge on any atom is 0.127 e. The lowest BCUT2D eigenvalue weighted by Crippen LogP contribution is -2.18. The predicted molar refractivity (Wildman–Crippen MR) is 75.6 cm³/mol. The third-order valence-electron chi connectivity index (χ3n) is 2.98. The fourth-order valence-electron chi connectivity index (χ4n) is 1.91. The van der Waals surface area contributed by atoms with Crippen molar-refractivity contribution in [2.24, 2.45) is 5.92 Å². The van der Waals surface area contributed by atoms with E-state index in [1.54, 1.807) is 0 Å². The Morgan fingerprint density at radius 1 is 1.29 bits per heavy atom. The van der Waals surface area contributed by atoms with Crippen LogP contribution in [0, 0.1) is 5.92 Å². The smallest absolute Gasteiger partial charge is 0.127 e. The largest absolute Gasteiger partial charge is 0.382 e. The van der Waals surface area contributed by atoms with Gasteiger partial charge in [0.15, 0.2) is 0 Å². The highest BCUT2D eigenvalue weighted by Crippen LogP contribution is 2.16. The lowest BCUT2D eigenvalue weighted by molar-refractivity contribution is 0.484. The molecule has 1 aromatic rings. The van der Waals surface area contributed by atoms with E-state index in [0.717, 1.165) is 24.0 Å². The Kier molecular flexibility index (Phi) is 5.81. The molecule has 17 heavy (non-hydrogen) atoms. The highest BCUT2D eigenvalue weighted by molar-refractivity contribution is 5.52. The Morgan fingerprint density at radius 2 is 2.06 bits per heavy atom. The highest BCUT2D eigenvalue weighted by atomic mass is 15.0. The maximum absolute atomic E-state index is 4.26. The topological polar surface area (TPSA) is 37.0 Å². The van der Waals surface area contributed by atoms with E-state index in [0.29, 0.717) is 6.04 Å². The third kappa shape index (κ3) is 5.07. The van der Waals surface area contributed by atoms with E-state index in [-0.39, 0.29) is 0 Å². The molecule has 0 saturated carbocycles. The number of nitrogens with zero attached hydrogens (tertiary/aromatic N) is 1. The van der Waals surface area contributed by atoms with Crippen LogP contribution in [0.5, 0.6) is 0 Å². The van der Waals surface area contributed by atoms with Crippen LogP contribution in [0.3, 0.4) is 0 Å². The lowest BCUT2D eigenvalue weighted by Gasteiger charge is -2.19. The molecular formula is C14H25N3. The van der Waals surface area contributed by atoms with Crippen molar-refractivity contribution < 1.29 is 0 Å².